The molecule has 0 N–H and O–H groups in total. The number of amides is 1. The van der Waals surface area contributed by atoms with E-state index >= 15 is 0 Å². The van der Waals surface area contributed by atoms with Gasteiger partial charge in [-0.3, -0.25) is 4.79 Å². The van der Waals surface area contributed by atoms with Gasteiger partial charge in [-0.05, 0) is 30.9 Å². The van der Waals surface area contributed by atoms with E-state index in [0.717, 1.165) is 30.1 Å². The lowest BCUT2D eigenvalue weighted by molar-refractivity contribution is 0.0701. The second-order valence-electron chi connectivity index (χ2n) is 6.40. The van der Waals surface area contributed by atoms with E-state index in [1.807, 2.05) is 11.0 Å². The molecule has 0 aliphatic carbocycles. The van der Waals surface area contributed by atoms with Gasteiger partial charge in [0.15, 0.2) is 0 Å². The molecule has 3 heterocycles. The monoisotopic (exact) mass is 340 g/mol. The van der Waals surface area contributed by atoms with Gasteiger partial charge in [0.1, 0.15) is 11.8 Å². The number of nitrogens with zero attached hydrogens (tertiary/aromatic N) is 4. The number of rotatable bonds is 3. The van der Waals surface area contributed by atoms with Crippen molar-refractivity contribution in [2.24, 2.45) is 0 Å². The maximum atomic E-state index is 12.7. The Morgan fingerprint density at radius 2 is 2.29 bits per heavy atom. The first-order chi connectivity index (χ1) is 11.6. The summed E-state index contributed by atoms with van der Waals surface area (Å²) in [6.07, 6.45) is 3.49. The molecule has 1 aliphatic heterocycles. The van der Waals surface area contributed by atoms with Gasteiger partial charge in [-0.25, -0.2) is 9.97 Å². The molecule has 0 radical (unpaired) electrons. The molecule has 24 heavy (non-hydrogen) atoms. The molecule has 1 atom stereocenters. The number of hydrogen-bond acceptors (Lipinski definition) is 5. The van der Waals surface area contributed by atoms with Crippen LogP contribution in [0.3, 0.4) is 0 Å². The average molecular weight is 340 g/mol. The molecule has 0 aromatic carbocycles. The zero-order valence-electron chi connectivity index (χ0n) is 13.9. The molecule has 3 rings (SSSR count). The van der Waals surface area contributed by atoms with Crippen molar-refractivity contribution in [3.05, 3.63) is 45.7 Å². The van der Waals surface area contributed by atoms with E-state index in [4.69, 9.17) is 10.2 Å². The highest BCUT2D eigenvalue weighted by atomic mass is 32.1. The highest BCUT2D eigenvalue weighted by Crippen LogP contribution is 2.31. The smallest absolute Gasteiger partial charge is 0.272 e. The fourth-order valence-electron chi connectivity index (χ4n) is 2.87. The van der Waals surface area contributed by atoms with E-state index in [1.165, 1.54) is 6.20 Å². The number of likely N-dealkylation sites (tertiary alicyclic amines) is 1. The fraction of sp³-hybridized carbons (Fsp3) is 0.444. The molecule has 6 heteroatoms. The zero-order chi connectivity index (χ0) is 17.1. The van der Waals surface area contributed by atoms with Gasteiger partial charge in [0, 0.05) is 30.6 Å². The number of nitriles is 1. The van der Waals surface area contributed by atoms with Gasteiger partial charge >= 0.3 is 0 Å². The molecule has 124 valence electrons. The second kappa shape index (κ2) is 7.10. The summed E-state index contributed by atoms with van der Waals surface area (Å²) in [5.41, 5.74) is 2.00. The molecule has 1 fully saturated rings. The molecule has 1 aliphatic rings. The molecule has 2 aromatic rings. The highest BCUT2D eigenvalue weighted by Gasteiger charge is 2.28. The van der Waals surface area contributed by atoms with Crippen molar-refractivity contribution in [2.45, 2.75) is 38.5 Å². The van der Waals surface area contributed by atoms with E-state index in [2.05, 4.69) is 24.2 Å². The Balaban J connectivity index is 1.72. The predicted molar refractivity (Wildman–Crippen MR) is 93.0 cm³/mol. The molecule has 0 unspecified atom stereocenters. The minimum atomic E-state index is -0.0650. The van der Waals surface area contributed by atoms with Crippen molar-refractivity contribution in [3.63, 3.8) is 0 Å². The average Bonchev–Trinajstić information content (AvgIpc) is 3.12. The molecule has 1 saturated heterocycles. The topological polar surface area (TPSA) is 69.9 Å². The van der Waals surface area contributed by atoms with E-state index in [0.29, 0.717) is 29.6 Å². The number of carbonyl (C=O) groups excluding carboxylic acids is 1. The van der Waals surface area contributed by atoms with Gasteiger partial charge < -0.3 is 4.90 Å². The third kappa shape index (κ3) is 3.46. The summed E-state index contributed by atoms with van der Waals surface area (Å²) in [6.45, 7) is 5.73. The van der Waals surface area contributed by atoms with Crippen LogP contribution in [-0.2, 0) is 0 Å². The number of hydrogen-bond donors (Lipinski definition) is 0. The summed E-state index contributed by atoms with van der Waals surface area (Å²) in [7, 11) is 0. The third-order valence-corrected chi connectivity index (χ3v) is 5.33. The van der Waals surface area contributed by atoms with Crippen molar-refractivity contribution >= 4 is 17.2 Å². The first kappa shape index (κ1) is 16.6. The van der Waals surface area contributed by atoms with E-state index in [-0.39, 0.29) is 5.91 Å². The predicted octanol–water partition coefficient (Wildman–Crippen LogP) is 3.55. The molecule has 0 spiro atoms. The minimum Gasteiger partial charge on any atom is -0.337 e. The zero-order valence-corrected chi connectivity index (χ0v) is 14.7. The van der Waals surface area contributed by atoms with Crippen LogP contribution in [0, 0.1) is 11.3 Å². The van der Waals surface area contributed by atoms with Crippen LogP contribution in [0.4, 0.5) is 0 Å². The number of pyridine rings is 1. The Hall–Kier alpha value is -2.26. The van der Waals surface area contributed by atoms with E-state index < -0.39 is 0 Å². The van der Waals surface area contributed by atoms with Crippen LogP contribution in [0.15, 0.2) is 23.7 Å². The molecule has 2 aromatic heterocycles. The van der Waals surface area contributed by atoms with Crippen LogP contribution < -0.4 is 0 Å². The Morgan fingerprint density at radius 3 is 2.92 bits per heavy atom. The largest absolute Gasteiger partial charge is 0.337 e. The Morgan fingerprint density at radius 1 is 1.46 bits per heavy atom. The minimum absolute atomic E-state index is 0.0650. The van der Waals surface area contributed by atoms with Crippen LogP contribution in [0.25, 0.3) is 0 Å². The lowest BCUT2D eigenvalue weighted by Gasteiger charge is -2.31. The van der Waals surface area contributed by atoms with Gasteiger partial charge in [-0.2, -0.15) is 5.26 Å². The van der Waals surface area contributed by atoms with Crippen molar-refractivity contribution in [1.82, 2.24) is 14.9 Å². The van der Waals surface area contributed by atoms with Crippen molar-refractivity contribution in [2.75, 3.05) is 13.1 Å². The third-order valence-electron chi connectivity index (χ3n) is 4.30. The Kier molecular flexibility index (Phi) is 4.91. The molecule has 0 saturated carbocycles. The summed E-state index contributed by atoms with van der Waals surface area (Å²) in [5, 5.41) is 12.1. The second-order valence-corrected chi connectivity index (χ2v) is 7.29. The molecule has 1 amide bonds. The lowest BCUT2D eigenvalue weighted by Crippen LogP contribution is -2.39. The Labute approximate surface area is 146 Å². The SMILES string of the molecule is CC(C)c1csc([C@H]2CCCN(C(=O)c3ccc(C#N)cn3)C2)n1. The Bertz CT molecular complexity index is 760. The van der Waals surface area contributed by atoms with Crippen molar-refractivity contribution in [3.8, 4) is 6.07 Å². The standard InChI is InChI=1S/C18H20N4OS/c1-12(2)16-11-24-17(21-16)14-4-3-7-22(10-14)18(23)15-6-5-13(8-19)9-20-15/h5-6,9,11-12,14H,3-4,7,10H2,1-2H3/t14-/m0/s1. The number of piperidine rings is 1. The number of aromatic nitrogens is 2. The normalized spacial score (nSPS) is 17.8. The summed E-state index contributed by atoms with van der Waals surface area (Å²) in [4.78, 5) is 23.4. The lowest BCUT2D eigenvalue weighted by atomic mass is 9.98. The van der Waals surface area contributed by atoms with Crippen LogP contribution in [0.2, 0.25) is 0 Å². The summed E-state index contributed by atoms with van der Waals surface area (Å²) in [6, 6.07) is 5.28. The quantitative estimate of drug-likeness (QED) is 0.857. The van der Waals surface area contributed by atoms with Crippen LogP contribution in [-0.4, -0.2) is 33.9 Å². The summed E-state index contributed by atoms with van der Waals surface area (Å²) >= 11 is 1.70. The van der Waals surface area contributed by atoms with Crippen molar-refractivity contribution in [1.29, 1.82) is 5.26 Å². The van der Waals surface area contributed by atoms with Crippen molar-refractivity contribution < 1.29 is 4.79 Å². The first-order valence-corrected chi connectivity index (χ1v) is 9.07. The maximum absolute atomic E-state index is 12.7. The first-order valence-electron chi connectivity index (χ1n) is 8.19. The van der Waals surface area contributed by atoms with Gasteiger partial charge in [0.25, 0.3) is 5.91 Å². The van der Waals surface area contributed by atoms with Gasteiger partial charge in [0.05, 0.1) is 16.3 Å². The summed E-state index contributed by atoms with van der Waals surface area (Å²) in [5.74, 6) is 0.669. The molecule has 0 bridgehead atoms. The van der Waals surface area contributed by atoms with Crippen LogP contribution >= 0.6 is 11.3 Å². The fourth-order valence-corrected chi connectivity index (χ4v) is 3.97. The van der Waals surface area contributed by atoms with Crippen LogP contribution in [0.5, 0.6) is 0 Å². The van der Waals surface area contributed by atoms with Gasteiger partial charge in [-0.1, -0.05) is 13.8 Å². The van der Waals surface area contributed by atoms with Gasteiger partial charge in [0.2, 0.25) is 0 Å². The molecule has 5 nitrogen and oxygen atoms in total. The van der Waals surface area contributed by atoms with Gasteiger partial charge in [-0.15, -0.1) is 11.3 Å². The van der Waals surface area contributed by atoms with E-state index in [1.54, 1.807) is 23.5 Å². The molecular formula is C18H20N4OS. The van der Waals surface area contributed by atoms with Crippen LogP contribution in [0.1, 0.15) is 65.3 Å². The number of carbonyl (C=O) groups is 1. The van der Waals surface area contributed by atoms with E-state index in [9.17, 15) is 4.79 Å². The maximum Gasteiger partial charge on any atom is 0.272 e. The summed E-state index contributed by atoms with van der Waals surface area (Å²) < 4.78 is 0. The molecular weight excluding hydrogens is 320 g/mol. The highest BCUT2D eigenvalue weighted by molar-refractivity contribution is 7.09. The number of thiazole rings is 1.